The van der Waals surface area contributed by atoms with Gasteiger partial charge in [-0.2, -0.15) is 0 Å². The van der Waals surface area contributed by atoms with Crippen molar-refractivity contribution in [2.24, 2.45) is 0 Å². The maximum Gasteiger partial charge on any atom is 0.235 e. The number of fused-ring (bicyclic) bond motifs is 1. The van der Waals surface area contributed by atoms with Gasteiger partial charge in [0, 0.05) is 6.04 Å². The summed E-state index contributed by atoms with van der Waals surface area (Å²) in [7, 11) is -3.23. The standard InChI is InChI=1S/C16H26N2O2S/c1-3-17-12-6-7-13-21(19,20)18-14(2)10-11-15-8-4-5-9-16(15)18/h4-5,8-9,14,17H,3,6-7,10-13H2,1-2H3. The van der Waals surface area contributed by atoms with Crippen molar-refractivity contribution in [3.63, 3.8) is 0 Å². The van der Waals surface area contributed by atoms with E-state index in [0.29, 0.717) is 6.42 Å². The Morgan fingerprint density at radius 1 is 1.29 bits per heavy atom. The SMILES string of the molecule is CCNCCCCS(=O)(=O)N1c2ccccc2CCC1C. The molecule has 1 unspecified atom stereocenters. The first-order chi connectivity index (χ1) is 10.1. The normalized spacial score (nSPS) is 18.6. The first-order valence-corrected chi connectivity index (χ1v) is 9.48. The largest absolute Gasteiger partial charge is 0.317 e. The lowest BCUT2D eigenvalue weighted by Crippen LogP contribution is -2.43. The minimum atomic E-state index is -3.23. The van der Waals surface area contributed by atoms with Crippen LogP contribution in [0.2, 0.25) is 0 Å². The number of rotatable bonds is 7. The molecule has 21 heavy (non-hydrogen) atoms. The molecule has 118 valence electrons. The van der Waals surface area contributed by atoms with Gasteiger partial charge < -0.3 is 5.32 Å². The predicted octanol–water partition coefficient (Wildman–Crippen LogP) is 2.55. The molecule has 2 rings (SSSR count). The van der Waals surface area contributed by atoms with E-state index in [1.165, 1.54) is 0 Å². The monoisotopic (exact) mass is 310 g/mol. The molecule has 0 saturated carbocycles. The van der Waals surface area contributed by atoms with E-state index in [1.54, 1.807) is 4.31 Å². The van der Waals surface area contributed by atoms with Gasteiger partial charge in [-0.25, -0.2) is 8.42 Å². The van der Waals surface area contributed by atoms with Crippen LogP contribution in [0.15, 0.2) is 24.3 Å². The molecular formula is C16H26N2O2S. The van der Waals surface area contributed by atoms with Gasteiger partial charge in [0.05, 0.1) is 11.4 Å². The number of benzene rings is 1. The average molecular weight is 310 g/mol. The molecule has 1 aromatic carbocycles. The quantitative estimate of drug-likeness (QED) is 0.787. The Labute approximate surface area is 128 Å². The molecule has 1 aliphatic rings. The Balaban J connectivity index is 2.08. The maximum atomic E-state index is 12.7. The first kappa shape index (κ1) is 16.3. The van der Waals surface area contributed by atoms with E-state index >= 15 is 0 Å². The molecule has 5 heteroatoms. The molecule has 1 aliphatic heterocycles. The second kappa shape index (κ2) is 7.27. The van der Waals surface area contributed by atoms with Crippen molar-refractivity contribution in [1.82, 2.24) is 5.32 Å². The molecule has 0 radical (unpaired) electrons. The second-order valence-electron chi connectivity index (χ2n) is 5.69. The van der Waals surface area contributed by atoms with Crippen LogP contribution in [0.1, 0.15) is 38.7 Å². The molecule has 1 aromatic rings. The molecule has 0 aromatic heterocycles. The van der Waals surface area contributed by atoms with Gasteiger partial charge in [-0.15, -0.1) is 0 Å². The fraction of sp³-hybridized carbons (Fsp3) is 0.625. The van der Waals surface area contributed by atoms with Crippen LogP contribution in [-0.4, -0.2) is 33.3 Å². The number of hydrogen-bond acceptors (Lipinski definition) is 3. The van der Waals surface area contributed by atoms with Crippen molar-refractivity contribution >= 4 is 15.7 Å². The van der Waals surface area contributed by atoms with E-state index < -0.39 is 10.0 Å². The van der Waals surface area contributed by atoms with Gasteiger partial charge in [-0.05, 0) is 57.3 Å². The number of aryl methyl sites for hydroxylation is 1. The van der Waals surface area contributed by atoms with Gasteiger partial charge in [0.25, 0.3) is 0 Å². The molecular weight excluding hydrogens is 284 g/mol. The lowest BCUT2D eigenvalue weighted by molar-refractivity contribution is 0.558. The average Bonchev–Trinajstić information content (AvgIpc) is 2.46. The number of para-hydroxylation sites is 1. The Hall–Kier alpha value is -1.07. The van der Waals surface area contributed by atoms with Crippen LogP contribution in [0.4, 0.5) is 5.69 Å². The zero-order valence-electron chi connectivity index (χ0n) is 13.0. The van der Waals surface area contributed by atoms with Gasteiger partial charge in [0.2, 0.25) is 10.0 Å². The van der Waals surface area contributed by atoms with E-state index in [-0.39, 0.29) is 11.8 Å². The first-order valence-electron chi connectivity index (χ1n) is 7.87. The van der Waals surface area contributed by atoms with Crippen LogP contribution >= 0.6 is 0 Å². The van der Waals surface area contributed by atoms with Crippen LogP contribution in [-0.2, 0) is 16.4 Å². The van der Waals surface area contributed by atoms with Crippen LogP contribution in [0.25, 0.3) is 0 Å². The molecule has 0 saturated heterocycles. The topological polar surface area (TPSA) is 49.4 Å². The molecule has 1 atom stereocenters. The number of unbranched alkanes of at least 4 members (excludes halogenated alkanes) is 1. The van der Waals surface area contributed by atoms with Gasteiger partial charge in [-0.1, -0.05) is 25.1 Å². The van der Waals surface area contributed by atoms with Gasteiger partial charge in [0.1, 0.15) is 0 Å². The lowest BCUT2D eigenvalue weighted by Gasteiger charge is -2.36. The molecule has 0 aliphatic carbocycles. The predicted molar refractivity (Wildman–Crippen MR) is 88.3 cm³/mol. The van der Waals surface area contributed by atoms with Crippen LogP contribution in [0, 0.1) is 0 Å². The fourth-order valence-corrected chi connectivity index (χ4v) is 4.79. The molecule has 1 heterocycles. The van der Waals surface area contributed by atoms with E-state index in [0.717, 1.165) is 43.6 Å². The summed E-state index contributed by atoms with van der Waals surface area (Å²) in [5.41, 5.74) is 2.02. The third-order valence-corrected chi connectivity index (χ3v) is 5.98. The van der Waals surface area contributed by atoms with E-state index in [9.17, 15) is 8.42 Å². The Morgan fingerprint density at radius 2 is 2.05 bits per heavy atom. The Kier molecular flexibility index (Phi) is 5.65. The van der Waals surface area contributed by atoms with Crippen LogP contribution in [0.3, 0.4) is 0 Å². The minimum absolute atomic E-state index is 0.0543. The molecule has 0 amide bonds. The summed E-state index contributed by atoms with van der Waals surface area (Å²) in [6.07, 6.45) is 3.47. The highest BCUT2D eigenvalue weighted by molar-refractivity contribution is 7.92. The number of hydrogen-bond donors (Lipinski definition) is 1. The van der Waals surface area contributed by atoms with Crippen molar-refractivity contribution in [3.05, 3.63) is 29.8 Å². The smallest absolute Gasteiger partial charge is 0.235 e. The molecule has 0 fully saturated rings. The summed E-state index contributed by atoms with van der Waals surface area (Å²) in [5, 5.41) is 3.23. The van der Waals surface area contributed by atoms with E-state index in [1.807, 2.05) is 31.2 Å². The van der Waals surface area contributed by atoms with Crippen molar-refractivity contribution in [2.75, 3.05) is 23.1 Å². The molecule has 0 bridgehead atoms. The number of nitrogens with one attached hydrogen (secondary N) is 1. The summed E-state index contributed by atoms with van der Waals surface area (Å²) in [5.74, 6) is 0.233. The number of sulfonamides is 1. The third-order valence-electron chi connectivity index (χ3n) is 4.02. The summed E-state index contributed by atoms with van der Waals surface area (Å²) in [6.45, 7) is 5.89. The zero-order valence-corrected chi connectivity index (χ0v) is 13.8. The van der Waals surface area contributed by atoms with Crippen molar-refractivity contribution in [2.45, 2.75) is 45.6 Å². The highest BCUT2D eigenvalue weighted by Gasteiger charge is 2.31. The Morgan fingerprint density at radius 3 is 2.81 bits per heavy atom. The maximum absolute atomic E-state index is 12.7. The molecule has 1 N–H and O–H groups in total. The third kappa shape index (κ3) is 3.98. The molecule has 0 spiro atoms. The van der Waals surface area contributed by atoms with Gasteiger partial charge >= 0.3 is 0 Å². The fourth-order valence-electron chi connectivity index (χ4n) is 2.89. The summed E-state index contributed by atoms with van der Waals surface area (Å²) >= 11 is 0. The minimum Gasteiger partial charge on any atom is -0.317 e. The number of nitrogens with zero attached hydrogens (tertiary/aromatic N) is 1. The summed E-state index contributed by atoms with van der Waals surface area (Å²) < 4.78 is 27.0. The second-order valence-corrected chi connectivity index (χ2v) is 7.65. The van der Waals surface area contributed by atoms with Crippen molar-refractivity contribution in [1.29, 1.82) is 0 Å². The zero-order chi connectivity index (χ0) is 15.3. The Bertz CT molecular complexity index is 557. The van der Waals surface area contributed by atoms with Crippen LogP contribution < -0.4 is 9.62 Å². The molecule has 4 nitrogen and oxygen atoms in total. The van der Waals surface area contributed by atoms with E-state index in [4.69, 9.17) is 0 Å². The summed E-state index contributed by atoms with van der Waals surface area (Å²) in [6, 6.07) is 7.93. The van der Waals surface area contributed by atoms with Gasteiger partial charge in [-0.3, -0.25) is 4.31 Å². The lowest BCUT2D eigenvalue weighted by atomic mass is 9.99. The van der Waals surface area contributed by atoms with Crippen LogP contribution in [0.5, 0.6) is 0 Å². The highest BCUT2D eigenvalue weighted by atomic mass is 32.2. The number of anilines is 1. The van der Waals surface area contributed by atoms with Gasteiger partial charge in [0.15, 0.2) is 0 Å². The highest BCUT2D eigenvalue weighted by Crippen LogP contribution is 2.33. The summed E-state index contributed by atoms with van der Waals surface area (Å²) in [4.78, 5) is 0. The van der Waals surface area contributed by atoms with Crippen molar-refractivity contribution in [3.8, 4) is 0 Å². The van der Waals surface area contributed by atoms with Crippen molar-refractivity contribution < 1.29 is 8.42 Å². The van der Waals surface area contributed by atoms with E-state index in [2.05, 4.69) is 12.2 Å².